The molecule has 0 unspecified atom stereocenters. The minimum atomic E-state index is 0.807. The van der Waals surface area contributed by atoms with E-state index in [-0.39, 0.29) is 0 Å². The van der Waals surface area contributed by atoms with Crippen molar-refractivity contribution >= 4 is 60.9 Å². The predicted molar refractivity (Wildman–Crippen MR) is 237 cm³/mol. The van der Waals surface area contributed by atoms with E-state index in [1.807, 2.05) is 12.1 Å². The molecule has 0 N–H and O–H groups in total. The Morgan fingerprint density at radius 3 is 1.49 bits per heavy atom. The molecule has 268 valence electrons. The number of hydrogen-bond acceptors (Lipinski definition) is 3. The van der Waals surface area contributed by atoms with Crippen molar-refractivity contribution in [1.29, 1.82) is 0 Å². The first kappa shape index (κ1) is 32.8. The minimum Gasteiger partial charge on any atom is -0.454 e. The van der Waals surface area contributed by atoms with Crippen molar-refractivity contribution in [3.8, 4) is 44.5 Å². The Hall–Kier alpha value is -7.62. The Morgan fingerprint density at radius 2 is 0.789 bits per heavy atom. The molecule has 0 spiro atoms. The van der Waals surface area contributed by atoms with E-state index in [0.717, 1.165) is 88.8 Å². The van der Waals surface area contributed by atoms with Crippen LogP contribution in [0.5, 0.6) is 0 Å². The largest absolute Gasteiger partial charge is 0.454 e. The summed E-state index contributed by atoms with van der Waals surface area (Å²) in [6.07, 6.45) is 0. The lowest BCUT2D eigenvalue weighted by atomic mass is 9.94. The second-order valence-electron chi connectivity index (χ2n) is 14.4. The fourth-order valence-corrected chi connectivity index (χ4v) is 8.48. The maximum absolute atomic E-state index is 7.21. The lowest BCUT2D eigenvalue weighted by molar-refractivity contribution is 0.667. The van der Waals surface area contributed by atoms with Gasteiger partial charge in [0.2, 0.25) is 0 Å². The van der Waals surface area contributed by atoms with Gasteiger partial charge in [-0.2, -0.15) is 0 Å². The highest BCUT2D eigenvalue weighted by Gasteiger charge is 2.26. The van der Waals surface area contributed by atoms with Crippen LogP contribution in [0.1, 0.15) is 0 Å². The summed E-state index contributed by atoms with van der Waals surface area (Å²) in [4.78, 5) is 2.30. The van der Waals surface area contributed by atoms with Gasteiger partial charge in [0.25, 0.3) is 0 Å². The van der Waals surface area contributed by atoms with E-state index in [9.17, 15) is 0 Å². The third-order valence-corrected chi connectivity index (χ3v) is 11.1. The summed E-state index contributed by atoms with van der Waals surface area (Å²) < 4.78 is 13.9. The molecule has 2 aromatic heterocycles. The van der Waals surface area contributed by atoms with Gasteiger partial charge in [0.05, 0.1) is 11.4 Å². The highest BCUT2D eigenvalue weighted by Crippen LogP contribution is 2.49. The number of fused-ring (bicyclic) bond motifs is 6. The van der Waals surface area contributed by atoms with E-state index in [4.69, 9.17) is 8.83 Å². The Balaban J connectivity index is 1.18. The van der Waals surface area contributed by atoms with Gasteiger partial charge in [-0.15, -0.1) is 0 Å². The second-order valence-corrected chi connectivity index (χ2v) is 14.4. The van der Waals surface area contributed by atoms with E-state index in [1.165, 1.54) is 16.7 Å². The summed E-state index contributed by atoms with van der Waals surface area (Å²) in [5, 5.41) is 4.29. The standard InChI is InChI=1S/C54H35NO2/c1-4-16-36(17-5-1)41-22-10-11-23-42(41)39-30-32-40(33-31-39)55(48-28-15-26-46-45-24-12-13-29-50(45)56-53(46)48)49-35-34-43(37-18-6-2-7-19-37)51-47-27-14-25-44(52(47)57-54(49)51)38-20-8-3-9-21-38/h1-35H. The Kier molecular flexibility index (Phi) is 7.82. The Bertz CT molecular complexity index is 3220. The molecule has 0 bridgehead atoms. The molecule has 57 heavy (non-hydrogen) atoms. The molecule has 11 aromatic rings. The van der Waals surface area contributed by atoms with Crippen LogP contribution in [0.2, 0.25) is 0 Å². The number of benzene rings is 9. The molecular weight excluding hydrogens is 695 g/mol. The number of furan rings is 2. The first-order valence-corrected chi connectivity index (χ1v) is 19.3. The smallest absolute Gasteiger partial charge is 0.160 e. The summed E-state index contributed by atoms with van der Waals surface area (Å²) in [5.41, 5.74) is 15.3. The Labute approximate surface area is 330 Å². The molecule has 0 amide bonds. The van der Waals surface area contributed by atoms with Crippen LogP contribution in [0, 0.1) is 0 Å². The van der Waals surface area contributed by atoms with Crippen LogP contribution in [0.25, 0.3) is 88.4 Å². The number of nitrogens with zero attached hydrogens (tertiary/aromatic N) is 1. The van der Waals surface area contributed by atoms with Gasteiger partial charge in [0.15, 0.2) is 11.2 Å². The molecule has 9 aromatic carbocycles. The molecule has 0 aliphatic carbocycles. The summed E-state index contributed by atoms with van der Waals surface area (Å²) in [7, 11) is 0. The molecule has 0 aliphatic rings. The van der Waals surface area contributed by atoms with E-state index < -0.39 is 0 Å². The van der Waals surface area contributed by atoms with Crippen LogP contribution in [-0.4, -0.2) is 0 Å². The molecule has 11 rings (SSSR count). The maximum Gasteiger partial charge on any atom is 0.160 e. The van der Waals surface area contributed by atoms with Crippen LogP contribution < -0.4 is 4.90 Å². The van der Waals surface area contributed by atoms with Crippen molar-refractivity contribution in [1.82, 2.24) is 0 Å². The first-order chi connectivity index (χ1) is 28.3. The number of anilines is 3. The van der Waals surface area contributed by atoms with Gasteiger partial charge in [0.1, 0.15) is 11.2 Å². The molecule has 3 heteroatoms. The maximum atomic E-state index is 7.21. The van der Waals surface area contributed by atoms with E-state index in [0.29, 0.717) is 0 Å². The van der Waals surface area contributed by atoms with Crippen molar-refractivity contribution in [2.24, 2.45) is 0 Å². The number of para-hydroxylation sites is 3. The molecule has 0 atom stereocenters. The molecule has 0 saturated heterocycles. The quantitative estimate of drug-likeness (QED) is 0.164. The number of rotatable bonds is 7. The van der Waals surface area contributed by atoms with Gasteiger partial charge in [-0.25, -0.2) is 0 Å². The molecule has 0 saturated carbocycles. The van der Waals surface area contributed by atoms with Crippen LogP contribution in [0.15, 0.2) is 221 Å². The van der Waals surface area contributed by atoms with Gasteiger partial charge in [-0.05, 0) is 69.3 Å². The topological polar surface area (TPSA) is 29.5 Å². The average molecular weight is 730 g/mol. The molecule has 0 aliphatic heterocycles. The zero-order valence-electron chi connectivity index (χ0n) is 31.0. The lowest BCUT2D eigenvalue weighted by Gasteiger charge is -2.26. The summed E-state index contributed by atoms with van der Waals surface area (Å²) in [5.74, 6) is 0. The summed E-state index contributed by atoms with van der Waals surface area (Å²) in [6.45, 7) is 0. The summed E-state index contributed by atoms with van der Waals surface area (Å²) in [6, 6.07) is 74.8. The van der Waals surface area contributed by atoms with Crippen molar-refractivity contribution in [2.75, 3.05) is 4.90 Å². The van der Waals surface area contributed by atoms with Crippen molar-refractivity contribution in [2.45, 2.75) is 0 Å². The minimum absolute atomic E-state index is 0.807. The fraction of sp³-hybridized carbons (Fsp3) is 0. The molecular formula is C54H35NO2. The van der Waals surface area contributed by atoms with Gasteiger partial charge >= 0.3 is 0 Å². The Morgan fingerprint density at radius 1 is 0.281 bits per heavy atom. The second kappa shape index (κ2) is 13.6. The zero-order valence-corrected chi connectivity index (χ0v) is 31.0. The normalized spacial score (nSPS) is 11.5. The van der Waals surface area contributed by atoms with E-state index in [2.05, 4.69) is 205 Å². The van der Waals surface area contributed by atoms with Gasteiger partial charge < -0.3 is 13.7 Å². The molecule has 2 heterocycles. The van der Waals surface area contributed by atoms with Crippen molar-refractivity contribution < 1.29 is 8.83 Å². The highest BCUT2D eigenvalue weighted by molar-refractivity contribution is 6.20. The number of hydrogen-bond donors (Lipinski definition) is 0. The fourth-order valence-electron chi connectivity index (χ4n) is 8.48. The molecule has 0 fully saturated rings. The van der Waals surface area contributed by atoms with E-state index >= 15 is 0 Å². The average Bonchev–Trinajstić information content (AvgIpc) is 3.88. The first-order valence-electron chi connectivity index (χ1n) is 19.3. The van der Waals surface area contributed by atoms with Crippen LogP contribution >= 0.6 is 0 Å². The zero-order chi connectivity index (χ0) is 37.7. The lowest BCUT2D eigenvalue weighted by Crippen LogP contribution is -2.10. The SMILES string of the molecule is c1ccc(-c2ccccc2-c2ccc(N(c3cccc4c3oc3ccccc34)c3ccc(-c4ccccc4)c4c3oc3c(-c5ccccc5)cccc34)cc2)cc1. The van der Waals surface area contributed by atoms with Gasteiger partial charge in [-0.3, -0.25) is 0 Å². The monoisotopic (exact) mass is 729 g/mol. The third-order valence-electron chi connectivity index (χ3n) is 11.1. The van der Waals surface area contributed by atoms with Crippen LogP contribution in [0.4, 0.5) is 17.1 Å². The van der Waals surface area contributed by atoms with Crippen molar-refractivity contribution in [3.05, 3.63) is 212 Å². The predicted octanol–water partition coefficient (Wildman–Crippen LogP) is 15.6. The highest BCUT2D eigenvalue weighted by atomic mass is 16.3. The third kappa shape index (κ3) is 5.51. The molecule has 3 nitrogen and oxygen atoms in total. The van der Waals surface area contributed by atoms with Crippen LogP contribution in [0.3, 0.4) is 0 Å². The van der Waals surface area contributed by atoms with Crippen molar-refractivity contribution in [3.63, 3.8) is 0 Å². The van der Waals surface area contributed by atoms with Gasteiger partial charge in [-0.1, -0.05) is 182 Å². The van der Waals surface area contributed by atoms with Gasteiger partial charge in [0, 0.05) is 32.8 Å². The van der Waals surface area contributed by atoms with E-state index in [1.54, 1.807) is 0 Å². The molecule has 0 radical (unpaired) electrons. The van der Waals surface area contributed by atoms with Crippen LogP contribution in [-0.2, 0) is 0 Å². The summed E-state index contributed by atoms with van der Waals surface area (Å²) >= 11 is 0.